The van der Waals surface area contributed by atoms with Crippen LogP contribution >= 0.6 is 11.6 Å². The molecule has 1 N–H and O–H groups in total. The number of hydrogen-bond acceptors (Lipinski definition) is 2. The maximum absolute atomic E-state index is 8.88. The van der Waals surface area contributed by atoms with Crippen LogP contribution in [0.2, 0.25) is 5.02 Å². The number of benzene rings is 2. The molecule has 2 aromatic rings. The van der Waals surface area contributed by atoms with Gasteiger partial charge in [-0.25, -0.2) is 0 Å². The molecule has 0 aliphatic carbocycles. The van der Waals surface area contributed by atoms with Crippen molar-refractivity contribution in [1.29, 1.82) is 5.26 Å². The number of hydrogen-bond donors (Lipinski definition) is 1. The molecule has 0 spiro atoms. The molecule has 2 aromatic carbocycles. The van der Waals surface area contributed by atoms with Gasteiger partial charge in [0.25, 0.3) is 0 Å². The topological polar surface area (TPSA) is 35.8 Å². The smallest absolute Gasteiger partial charge is 0.101 e. The lowest BCUT2D eigenvalue weighted by Gasteiger charge is -2.18. The first kappa shape index (κ1) is 14.4. The lowest BCUT2D eigenvalue weighted by atomic mass is 10.0. The Labute approximate surface area is 125 Å². The van der Waals surface area contributed by atoms with Crippen molar-refractivity contribution >= 4 is 17.3 Å². The van der Waals surface area contributed by atoms with Gasteiger partial charge in [0, 0.05) is 11.7 Å². The minimum Gasteiger partial charge on any atom is -0.382 e. The van der Waals surface area contributed by atoms with E-state index in [1.807, 2.05) is 18.2 Å². The van der Waals surface area contributed by atoms with Crippen LogP contribution in [-0.2, 0) is 6.42 Å². The third-order valence-electron chi connectivity index (χ3n) is 3.28. The van der Waals surface area contributed by atoms with Crippen molar-refractivity contribution in [2.75, 3.05) is 5.32 Å². The summed E-state index contributed by atoms with van der Waals surface area (Å²) in [4.78, 5) is 0. The highest BCUT2D eigenvalue weighted by molar-refractivity contribution is 6.32. The molecular weight excluding hydrogens is 268 g/mol. The second-order valence-corrected chi connectivity index (χ2v) is 5.15. The highest BCUT2D eigenvalue weighted by Crippen LogP contribution is 2.21. The van der Waals surface area contributed by atoms with E-state index in [1.165, 1.54) is 5.56 Å². The van der Waals surface area contributed by atoms with Crippen LogP contribution in [0.5, 0.6) is 0 Å². The Bertz CT molecular complexity index is 602. The van der Waals surface area contributed by atoms with Gasteiger partial charge in [-0.3, -0.25) is 0 Å². The molecule has 20 heavy (non-hydrogen) atoms. The molecule has 3 heteroatoms. The van der Waals surface area contributed by atoms with E-state index in [4.69, 9.17) is 16.9 Å². The molecule has 1 unspecified atom stereocenters. The SMILES string of the molecule is CCC(Cc1ccccc1)Nc1ccc(C#N)c(Cl)c1. The van der Waals surface area contributed by atoms with Crippen molar-refractivity contribution in [1.82, 2.24) is 0 Å². The number of nitrogens with one attached hydrogen (secondary N) is 1. The number of rotatable bonds is 5. The monoisotopic (exact) mass is 284 g/mol. The number of anilines is 1. The maximum atomic E-state index is 8.88. The van der Waals surface area contributed by atoms with Crippen LogP contribution in [-0.4, -0.2) is 6.04 Å². The summed E-state index contributed by atoms with van der Waals surface area (Å²) in [5, 5.41) is 12.8. The van der Waals surface area contributed by atoms with Gasteiger partial charge < -0.3 is 5.32 Å². The van der Waals surface area contributed by atoms with Gasteiger partial charge in [0.05, 0.1) is 10.6 Å². The molecule has 0 radical (unpaired) electrons. The van der Waals surface area contributed by atoms with Gasteiger partial charge in [-0.05, 0) is 36.6 Å². The van der Waals surface area contributed by atoms with E-state index in [9.17, 15) is 0 Å². The third kappa shape index (κ3) is 3.76. The molecular formula is C17H17ClN2. The summed E-state index contributed by atoms with van der Waals surface area (Å²) in [6, 6.07) is 18.3. The van der Waals surface area contributed by atoms with Crippen LogP contribution in [0.15, 0.2) is 48.5 Å². The molecule has 2 rings (SSSR count). The predicted octanol–water partition coefficient (Wildman–Crippen LogP) is 4.64. The molecule has 0 saturated heterocycles. The van der Waals surface area contributed by atoms with Gasteiger partial charge >= 0.3 is 0 Å². The Morgan fingerprint density at radius 3 is 2.55 bits per heavy atom. The molecule has 1 atom stereocenters. The fourth-order valence-corrected chi connectivity index (χ4v) is 2.35. The Hall–Kier alpha value is -1.98. The number of nitriles is 1. The third-order valence-corrected chi connectivity index (χ3v) is 3.59. The minimum atomic E-state index is 0.349. The van der Waals surface area contributed by atoms with E-state index in [1.54, 1.807) is 6.07 Å². The van der Waals surface area contributed by atoms with Crippen LogP contribution in [0.25, 0.3) is 0 Å². The molecule has 0 fully saturated rings. The highest BCUT2D eigenvalue weighted by atomic mass is 35.5. The van der Waals surface area contributed by atoms with E-state index >= 15 is 0 Å². The molecule has 2 nitrogen and oxygen atoms in total. The predicted molar refractivity (Wildman–Crippen MR) is 84.0 cm³/mol. The molecule has 0 aliphatic heterocycles. The summed E-state index contributed by atoms with van der Waals surface area (Å²) in [6.07, 6.45) is 1.99. The van der Waals surface area contributed by atoms with Crippen molar-refractivity contribution in [3.05, 3.63) is 64.7 Å². The number of nitrogens with zero attached hydrogens (tertiary/aromatic N) is 1. The van der Waals surface area contributed by atoms with Gasteiger partial charge in [0.2, 0.25) is 0 Å². The van der Waals surface area contributed by atoms with Crippen molar-refractivity contribution in [3.63, 3.8) is 0 Å². The summed E-state index contributed by atoms with van der Waals surface area (Å²) in [6.45, 7) is 2.16. The molecule has 102 valence electrons. The first-order chi connectivity index (χ1) is 9.72. The molecule has 0 aromatic heterocycles. The molecule has 0 amide bonds. The first-order valence-electron chi connectivity index (χ1n) is 6.73. The van der Waals surface area contributed by atoms with Crippen LogP contribution in [0.3, 0.4) is 0 Å². The van der Waals surface area contributed by atoms with E-state index in [-0.39, 0.29) is 0 Å². The van der Waals surface area contributed by atoms with E-state index in [0.29, 0.717) is 16.6 Å². The largest absolute Gasteiger partial charge is 0.382 e. The first-order valence-corrected chi connectivity index (χ1v) is 7.11. The normalized spacial score (nSPS) is 11.7. The lowest BCUT2D eigenvalue weighted by Crippen LogP contribution is -2.21. The Morgan fingerprint density at radius 2 is 1.95 bits per heavy atom. The fraction of sp³-hybridized carbons (Fsp3) is 0.235. The molecule has 0 heterocycles. The second kappa shape index (κ2) is 6.98. The van der Waals surface area contributed by atoms with Crippen LogP contribution in [0, 0.1) is 11.3 Å². The average Bonchev–Trinajstić information content (AvgIpc) is 2.48. The van der Waals surface area contributed by atoms with E-state index in [0.717, 1.165) is 18.5 Å². The average molecular weight is 285 g/mol. The molecule has 0 bridgehead atoms. The zero-order valence-electron chi connectivity index (χ0n) is 11.4. The van der Waals surface area contributed by atoms with E-state index in [2.05, 4.69) is 42.6 Å². The van der Waals surface area contributed by atoms with Gasteiger partial charge in [-0.2, -0.15) is 5.26 Å². The zero-order chi connectivity index (χ0) is 14.4. The van der Waals surface area contributed by atoms with Crippen molar-refractivity contribution in [2.24, 2.45) is 0 Å². The summed E-state index contributed by atoms with van der Waals surface area (Å²) in [5.74, 6) is 0. The minimum absolute atomic E-state index is 0.349. The van der Waals surface area contributed by atoms with E-state index < -0.39 is 0 Å². The number of halogens is 1. The Morgan fingerprint density at radius 1 is 1.20 bits per heavy atom. The Kier molecular flexibility index (Phi) is 5.03. The quantitative estimate of drug-likeness (QED) is 0.868. The lowest BCUT2D eigenvalue weighted by molar-refractivity contribution is 0.690. The highest BCUT2D eigenvalue weighted by Gasteiger charge is 2.08. The van der Waals surface area contributed by atoms with Crippen LogP contribution < -0.4 is 5.32 Å². The molecule has 0 saturated carbocycles. The standard InChI is InChI=1S/C17H17ClN2/c1-2-15(10-13-6-4-3-5-7-13)20-16-9-8-14(12-19)17(18)11-16/h3-9,11,15,20H,2,10H2,1H3. The van der Waals surface area contributed by atoms with Crippen molar-refractivity contribution in [3.8, 4) is 6.07 Å². The zero-order valence-corrected chi connectivity index (χ0v) is 12.2. The van der Waals surface area contributed by atoms with Gasteiger partial charge in [-0.1, -0.05) is 48.9 Å². The summed E-state index contributed by atoms with van der Waals surface area (Å²) in [7, 11) is 0. The second-order valence-electron chi connectivity index (χ2n) is 4.75. The van der Waals surface area contributed by atoms with Crippen LogP contribution in [0.4, 0.5) is 5.69 Å². The van der Waals surface area contributed by atoms with Crippen LogP contribution in [0.1, 0.15) is 24.5 Å². The van der Waals surface area contributed by atoms with Gasteiger partial charge in [0.15, 0.2) is 0 Å². The van der Waals surface area contributed by atoms with Crippen molar-refractivity contribution in [2.45, 2.75) is 25.8 Å². The Balaban J connectivity index is 2.07. The van der Waals surface area contributed by atoms with Gasteiger partial charge in [0.1, 0.15) is 6.07 Å². The van der Waals surface area contributed by atoms with Crippen molar-refractivity contribution < 1.29 is 0 Å². The maximum Gasteiger partial charge on any atom is 0.101 e. The van der Waals surface area contributed by atoms with Gasteiger partial charge in [-0.15, -0.1) is 0 Å². The summed E-state index contributed by atoms with van der Waals surface area (Å²) < 4.78 is 0. The summed E-state index contributed by atoms with van der Waals surface area (Å²) >= 11 is 6.05. The molecule has 0 aliphatic rings. The fourth-order valence-electron chi connectivity index (χ4n) is 2.13. The summed E-state index contributed by atoms with van der Waals surface area (Å²) in [5.41, 5.74) is 2.77.